The molecule has 2 rings (SSSR count). The first-order valence-electron chi connectivity index (χ1n) is 4.20. The number of carbonyl (C=O) groups excluding carboxylic acids is 1. The fraction of sp³-hybridized carbons (Fsp3) is 0.0909. The Labute approximate surface area is 92.4 Å². The Hall–Kier alpha value is -0.990. The maximum absolute atomic E-state index is 11.2. The SMILES string of the molecule is O=C(Cl)C1C(=S)C=Cc2ccccc21. The molecule has 0 radical (unpaired) electrons. The smallest absolute Gasteiger partial charge is 0.234 e. The van der Waals surface area contributed by atoms with Crippen LogP contribution in [-0.4, -0.2) is 10.1 Å². The number of fused-ring (bicyclic) bond motifs is 1. The number of benzene rings is 1. The van der Waals surface area contributed by atoms with Crippen molar-refractivity contribution in [3.05, 3.63) is 41.5 Å². The fourth-order valence-electron chi connectivity index (χ4n) is 1.58. The van der Waals surface area contributed by atoms with Crippen LogP contribution in [0.2, 0.25) is 0 Å². The fourth-order valence-corrected chi connectivity index (χ4v) is 2.18. The van der Waals surface area contributed by atoms with Crippen LogP contribution in [0.3, 0.4) is 0 Å². The molecule has 1 aromatic carbocycles. The molecule has 1 aromatic rings. The first kappa shape index (κ1) is 9.56. The third-order valence-corrected chi connectivity index (χ3v) is 2.84. The molecule has 0 spiro atoms. The van der Waals surface area contributed by atoms with Crippen LogP contribution in [0.4, 0.5) is 0 Å². The molecule has 0 aromatic heterocycles. The predicted molar refractivity (Wildman–Crippen MR) is 61.7 cm³/mol. The highest BCUT2D eigenvalue weighted by molar-refractivity contribution is 7.81. The van der Waals surface area contributed by atoms with E-state index in [1.165, 1.54) is 0 Å². The van der Waals surface area contributed by atoms with Gasteiger partial charge in [-0.3, -0.25) is 4.79 Å². The van der Waals surface area contributed by atoms with Crippen LogP contribution < -0.4 is 0 Å². The van der Waals surface area contributed by atoms with Gasteiger partial charge < -0.3 is 0 Å². The molecule has 1 aliphatic rings. The van der Waals surface area contributed by atoms with Crippen LogP contribution in [-0.2, 0) is 4.79 Å². The maximum Gasteiger partial charge on any atom is 0.234 e. The minimum atomic E-state index is -0.451. The summed E-state index contributed by atoms with van der Waals surface area (Å²) in [6, 6.07) is 7.64. The van der Waals surface area contributed by atoms with Gasteiger partial charge >= 0.3 is 0 Å². The van der Waals surface area contributed by atoms with Crippen LogP contribution in [0, 0.1) is 0 Å². The second-order valence-electron chi connectivity index (χ2n) is 3.10. The van der Waals surface area contributed by atoms with E-state index in [1.807, 2.05) is 30.3 Å². The summed E-state index contributed by atoms with van der Waals surface area (Å²) in [5.41, 5.74) is 1.92. The van der Waals surface area contributed by atoms with Crippen molar-refractivity contribution in [1.29, 1.82) is 0 Å². The summed E-state index contributed by atoms with van der Waals surface area (Å²) >= 11 is 10.6. The van der Waals surface area contributed by atoms with Gasteiger partial charge in [0, 0.05) is 4.86 Å². The second kappa shape index (κ2) is 3.64. The van der Waals surface area contributed by atoms with Crippen molar-refractivity contribution in [2.45, 2.75) is 5.92 Å². The summed E-state index contributed by atoms with van der Waals surface area (Å²) < 4.78 is 0. The molecule has 3 heteroatoms. The third-order valence-electron chi connectivity index (χ3n) is 2.25. The number of halogens is 1. The Morgan fingerprint density at radius 2 is 2.00 bits per heavy atom. The van der Waals surface area contributed by atoms with Gasteiger partial charge in [0.25, 0.3) is 0 Å². The average molecular weight is 223 g/mol. The highest BCUT2D eigenvalue weighted by atomic mass is 35.5. The van der Waals surface area contributed by atoms with Crippen LogP contribution in [0.25, 0.3) is 6.08 Å². The van der Waals surface area contributed by atoms with Gasteiger partial charge in [-0.1, -0.05) is 42.6 Å². The zero-order valence-electron chi connectivity index (χ0n) is 7.24. The van der Waals surface area contributed by atoms with Crippen molar-refractivity contribution in [2.75, 3.05) is 0 Å². The van der Waals surface area contributed by atoms with E-state index in [-0.39, 0.29) is 0 Å². The molecule has 0 saturated carbocycles. The van der Waals surface area contributed by atoms with Crippen LogP contribution in [0.1, 0.15) is 17.0 Å². The van der Waals surface area contributed by atoms with Gasteiger partial charge in [-0.05, 0) is 28.8 Å². The lowest BCUT2D eigenvalue weighted by atomic mass is 9.88. The van der Waals surface area contributed by atoms with E-state index in [4.69, 9.17) is 23.8 Å². The van der Waals surface area contributed by atoms with Crippen LogP contribution in [0.5, 0.6) is 0 Å². The van der Waals surface area contributed by atoms with E-state index >= 15 is 0 Å². The van der Waals surface area contributed by atoms with Gasteiger partial charge in [0.1, 0.15) is 0 Å². The summed E-state index contributed by atoms with van der Waals surface area (Å²) in [4.78, 5) is 11.8. The first-order chi connectivity index (χ1) is 6.70. The van der Waals surface area contributed by atoms with Crippen molar-refractivity contribution in [1.82, 2.24) is 0 Å². The Kier molecular flexibility index (Phi) is 2.48. The minimum absolute atomic E-state index is 0.410. The molecule has 0 amide bonds. The van der Waals surface area contributed by atoms with Crippen LogP contribution >= 0.6 is 23.8 Å². The van der Waals surface area contributed by atoms with E-state index in [2.05, 4.69) is 0 Å². The normalized spacial score (nSPS) is 19.2. The van der Waals surface area contributed by atoms with Gasteiger partial charge in [-0.2, -0.15) is 0 Å². The lowest BCUT2D eigenvalue weighted by Crippen LogP contribution is -2.18. The molecule has 70 valence electrons. The molecular weight excluding hydrogens is 216 g/mol. The molecule has 0 fully saturated rings. The Balaban J connectivity index is 2.59. The van der Waals surface area contributed by atoms with E-state index in [0.29, 0.717) is 4.86 Å². The van der Waals surface area contributed by atoms with E-state index in [1.54, 1.807) is 6.08 Å². The summed E-state index contributed by atoms with van der Waals surface area (Å²) in [6.07, 6.45) is 3.68. The molecule has 0 heterocycles. The Morgan fingerprint density at radius 3 is 2.71 bits per heavy atom. The van der Waals surface area contributed by atoms with Gasteiger partial charge in [-0.25, -0.2) is 0 Å². The second-order valence-corrected chi connectivity index (χ2v) is 3.95. The summed E-state index contributed by atoms with van der Waals surface area (Å²) in [5.74, 6) is -0.451. The number of hydrogen-bond donors (Lipinski definition) is 0. The standard InChI is InChI=1S/C11H7ClOS/c12-11(13)10-8-4-2-1-3-7(8)5-6-9(10)14/h1-6,10H. The number of carbonyl (C=O) groups is 1. The number of thiocarbonyl (C=S) groups is 1. The Bertz CT molecular complexity index is 437. The van der Waals surface area contributed by atoms with Crippen molar-refractivity contribution in [3.63, 3.8) is 0 Å². The largest absolute Gasteiger partial charge is 0.280 e. The molecule has 0 N–H and O–H groups in total. The zero-order valence-corrected chi connectivity index (χ0v) is 8.81. The van der Waals surface area contributed by atoms with Crippen LogP contribution in [0.15, 0.2) is 30.3 Å². The topological polar surface area (TPSA) is 17.1 Å². The number of hydrogen-bond acceptors (Lipinski definition) is 2. The van der Waals surface area contributed by atoms with Gasteiger partial charge in [0.05, 0.1) is 5.92 Å². The monoisotopic (exact) mass is 222 g/mol. The summed E-state index contributed by atoms with van der Waals surface area (Å²) in [6.45, 7) is 0. The average Bonchev–Trinajstić information content (AvgIpc) is 2.17. The third kappa shape index (κ3) is 1.51. The molecule has 1 unspecified atom stereocenters. The zero-order chi connectivity index (χ0) is 10.1. The van der Waals surface area contributed by atoms with E-state index in [0.717, 1.165) is 11.1 Å². The summed E-state index contributed by atoms with van der Waals surface area (Å²) in [5, 5.41) is -0.410. The highest BCUT2D eigenvalue weighted by Crippen LogP contribution is 2.29. The predicted octanol–water partition coefficient (Wildman–Crippen LogP) is 2.93. The molecule has 0 aliphatic heterocycles. The number of allylic oxidation sites excluding steroid dienone is 1. The lowest BCUT2D eigenvalue weighted by Gasteiger charge is -2.18. The van der Waals surface area contributed by atoms with Crippen molar-refractivity contribution < 1.29 is 4.79 Å². The maximum atomic E-state index is 11.2. The first-order valence-corrected chi connectivity index (χ1v) is 4.99. The van der Waals surface area contributed by atoms with Crippen molar-refractivity contribution in [2.24, 2.45) is 0 Å². The molecule has 1 aliphatic carbocycles. The quantitative estimate of drug-likeness (QED) is 0.537. The molecule has 1 atom stereocenters. The molecular formula is C11H7ClOS. The summed E-state index contributed by atoms with van der Waals surface area (Å²) in [7, 11) is 0. The minimum Gasteiger partial charge on any atom is -0.280 e. The van der Waals surface area contributed by atoms with Crippen molar-refractivity contribution in [3.8, 4) is 0 Å². The highest BCUT2D eigenvalue weighted by Gasteiger charge is 2.26. The Morgan fingerprint density at radius 1 is 1.29 bits per heavy atom. The van der Waals surface area contributed by atoms with Gasteiger partial charge in [0.2, 0.25) is 5.24 Å². The molecule has 0 bridgehead atoms. The van der Waals surface area contributed by atoms with Gasteiger partial charge in [-0.15, -0.1) is 0 Å². The molecule has 14 heavy (non-hydrogen) atoms. The lowest BCUT2D eigenvalue weighted by molar-refractivity contribution is -0.111. The number of rotatable bonds is 1. The van der Waals surface area contributed by atoms with Crippen molar-refractivity contribution >= 4 is 40.0 Å². The van der Waals surface area contributed by atoms with E-state index in [9.17, 15) is 4.79 Å². The molecule has 0 saturated heterocycles. The molecule has 1 nitrogen and oxygen atoms in total. The van der Waals surface area contributed by atoms with E-state index < -0.39 is 11.2 Å². The van der Waals surface area contributed by atoms with Gasteiger partial charge in [0.15, 0.2) is 0 Å².